The van der Waals surface area contributed by atoms with Crippen LogP contribution in [0, 0.1) is 6.92 Å². The van der Waals surface area contributed by atoms with Crippen molar-refractivity contribution >= 4 is 15.5 Å². The first-order chi connectivity index (χ1) is 9.29. The van der Waals surface area contributed by atoms with E-state index in [0.29, 0.717) is 10.9 Å². The van der Waals surface area contributed by atoms with Crippen LogP contribution in [0.15, 0.2) is 23.1 Å². The maximum atomic E-state index is 12.0. The fraction of sp³-hybridized carbons (Fsp3) is 0.600. The monoisotopic (exact) mass is 296 g/mol. The Morgan fingerprint density at radius 3 is 2.30 bits per heavy atom. The van der Waals surface area contributed by atoms with Gasteiger partial charge in [0, 0.05) is 25.4 Å². The quantitative estimate of drug-likeness (QED) is 0.854. The average molecular weight is 296 g/mol. The molecule has 0 aromatic heterocycles. The van der Waals surface area contributed by atoms with Gasteiger partial charge < -0.3 is 9.80 Å². The summed E-state index contributed by atoms with van der Waals surface area (Å²) < 4.78 is 24.0. The van der Waals surface area contributed by atoms with E-state index in [1.54, 1.807) is 6.07 Å². The molecule has 1 aliphatic heterocycles. The van der Waals surface area contributed by atoms with Crippen molar-refractivity contribution in [3.63, 3.8) is 0 Å². The summed E-state index contributed by atoms with van der Waals surface area (Å²) in [5.41, 5.74) is 1.84. The Morgan fingerprint density at radius 1 is 1.20 bits per heavy atom. The van der Waals surface area contributed by atoms with Crippen LogP contribution < -0.4 is 4.90 Å². The molecule has 1 saturated heterocycles. The molecule has 0 amide bonds. The Hall–Kier alpha value is -1.07. The predicted octanol–water partition coefficient (Wildman–Crippen LogP) is 1.93. The summed E-state index contributed by atoms with van der Waals surface area (Å²) in [7, 11) is 1.02. The molecule has 2 rings (SSSR count). The van der Waals surface area contributed by atoms with E-state index in [1.807, 2.05) is 19.1 Å². The highest BCUT2D eigenvalue weighted by atomic mass is 32.2. The topological polar surface area (TPSA) is 40.6 Å². The van der Waals surface area contributed by atoms with Crippen LogP contribution in [-0.4, -0.2) is 52.8 Å². The number of benzene rings is 1. The molecule has 20 heavy (non-hydrogen) atoms. The Bertz CT molecular complexity index is 574. The maximum absolute atomic E-state index is 12.0. The Labute approximate surface area is 122 Å². The zero-order valence-corrected chi connectivity index (χ0v) is 13.6. The van der Waals surface area contributed by atoms with E-state index in [2.05, 4.69) is 23.9 Å². The number of nitrogens with zero attached hydrogens (tertiary/aromatic N) is 2. The van der Waals surface area contributed by atoms with Crippen molar-refractivity contribution in [3.8, 4) is 0 Å². The van der Waals surface area contributed by atoms with Gasteiger partial charge in [-0.25, -0.2) is 8.42 Å². The van der Waals surface area contributed by atoms with Crippen molar-refractivity contribution in [3.05, 3.63) is 23.8 Å². The molecule has 1 aromatic carbocycles. The molecular weight excluding hydrogens is 272 g/mol. The lowest BCUT2D eigenvalue weighted by molar-refractivity contribution is 0.249. The van der Waals surface area contributed by atoms with Crippen LogP contribution in [-0.2, 0) is 9.84 Å². The summed E-state index contributed by atoms with van der Waals surface area (Å²) in [5, 5.41) is 0. The summed E-state index contributed by atoms with van der Waals surface area (Å²) in [6, 6.07) is 6.31. The van der Waals surface area contributed by atoms with E-state index >= 15 is 0 Å². The van der Waals surface area contributed by atoms with Crippen LogP contribution in [0.3, 0.4) is 0 Å². The van der Waals surface area contributed by atoms with Gasteiger partial charge in [0.25, 0.3) is 0 Å². The third-order valence-corrected chi connectivity index (χ3v) is 5.18. The normalized spacial score (nSPS) is 17.8. The average Bonchev–Trinajstić information content (AvgIpc) is 2.38. The fourth-order valence-corrected chi connectivity index (χ4v) is 3.78. The molecule has 112 valence electrons. The molecule has 1 aromatic rings. The van der Waals surface area contributed by atoms with Crippen LogP contribution in [0.5, 0.6) is 0 Å². The number of hydrogen-bond donors (Lipinski definition) is 0. The highest BCUT2D eigenvalue weighted by molar-refractivity contribution is 7.90. The molecule has 0 unspecified atom stereocenters. The Balaban J connectivity index is 2.27. The SMILES string of the molecule is Cc1ccc(N2CCC(N(C)C)CC2)c(S(C)(=O)=O)c1. The second-order valence-corrected chi connectivity index (χ2v) is 7.91. The molecule has 1 aliphatic rings. The van der Waals surface area contributed by atoms with Crippen LogP contribution in [0.2, 0.25) is 0 Å². The second-order valence-electron chi connectivity index (χ2n) is 5.93. The van der Waals surface area contributed by atoms with Gasteiger partial charge in [0.1, 0.15) is 0 Å². The van der Waals surface area contributed by atoms with Gasteiger partial charge >= 0.3 is 0 Å². The zero-order chi connectivity index (χ0) is 14.9. The fourth-order valence-electron chi connectivity index (χ4n) is 2.80. The van der Waals surface area contributed by atoms with Gasteiger partial charge in [0.15, 0.2) is 9.84 Å². The number of sulfone groups is 1. The van der Waals surface area contributed by atoms with Gasteiger partial charge in [-0.2, -0.15) is 0 Å². The molecule has 0 bridgehead atoms. The van der Waals surface area contributed by atoms with Crippen LogP contribution in [0.1, 0.15) is 18.4 Å². The molecule has 0 radical (unpaired) electrons. The van der Waals surface area contributed by atoms with Gasteiger partial charge in [0.2, 0.25) is 0 Å². The molecule has 0 aliphatic carbocycles. The summed E-state index contributed by atoms with van der Waals surface area (Å²) in [4.78, 5) is 4.92. The highest BCUT2D eigenvalue weighted by Gasteiger charge is 2.24. The van der Waals surface area contributed by atoms with Crippen molar-refractivity contribution in [2.24, 2.45) is 0 Å². The van der Waals surface area contributed by atoms with Crippen LogP contribution in [0.25, 0.3) is 0 Å². The largest absolute Gasteiger partial charge is 0.370 e. The van der Waals surface area contributed by atoms with Crippen molar-refractivity contribution in [2.75, 3.05) is 38.3 Å². The number of rotatable bonds is 3. The van der Waals surface area contributed by atoms with Gasteiger partial charge in [-0.05, 0) is 51.6 Å². The van der Waals surface area contributed by atoms with E-state index in [4.69, 9.17) is 0 Å². The lowest BCUT2D eigenvalue weighted by atomic mass is 10.0. The second kappa shape index (κ2) is 5.74. The lowest BCUT2D eigenvalue weighted by Gasteiger charge is -2.37. The zero-order valence-electron chi connectivity index (χ0n) is 12.8. The molecule has 1 fully saturated rings. The third kappa shape index (κ3) is 3.33. The third-order valence-electron chi connectivity index (χ3n) is 4.05. The number of hydrogen-bond acceptors (Lipinski definition) is 4. The first-order valence-corrected chi connectivity index (χ1v) is 8.90. The van der Waals surface area contributed by atoms with Crippen molar-refractivity contribution < 1.29 is 8.42 Å². The van der Waals surface area contributed by atoms with Gasteiger partial charge in [-0.15, -0.1) is 0 Å². The van der Waals surface area contributed by atoms with Crippen molar-refractivity contribution in [2.45, 2.75) is 30.7 Å². The molecule has 0 saturated carbocycles. The molecule has 0 atom stereocenters. The number of aryl methyl sites for hydroxylation is 1. The van der Waals surface area contributed by atoms with Gasteiger partial charge in [-0.3, -0.25) is 0 Å². The summed E-state index contributed by atoms with van der Waals surface area (Å²) in [6.07, 6.45) is 3.44. The van der Waals surface area contributed by atoms with E-state index in [-0.39, 0.29) is 0 Å². The first-order valence-electron chi connectivity index (χ1n) is 7.01. The minimum atomic E-state index is -3.19. The number of anilines is 1. The summed E-state index contributed by atoms with van der Waals surface area (Å²) >= 11 is 0. The predicted molar refractivity (Wildman–Crippen MR) is 83.2 cm³/mol. The maximum Gasteiger partial charge on any atom is 0.177 e. The van der Waals surface area contributed by atoms with Gasteiger partial charge in [-0.1, -0.05) is 6.07 Å². The minimum absolute atomic E-state index is 0.459. The van der Waals surface area contributed by atoms with E-state index in [0.717, 1.165) is 37.2 Å². The Kier molecular flexibility index (Phi) is 4.39. The first kappa shape index (κ1) is 15.3. The van der Waals surface area contributed by atoms with Crippen LogP contribution in [0.4, 0.5) is 5.69 Å². The minimum Gasteiger partial charge on any atom is -0.370 e. The molecule has 0 N–H and O–H groups in total. The highest BCUT2D eigenvalue weighted by Crippen LogP contribution is 2.29. The van der Waals surface area contributed by atoms with Crippen molar-refractivity contribution in [1.82, 2.24) is 4.90 Å². The van der Waals surface area contributed by atoms with E-state index in [1.165, 1.54) is 6.26 Å². The van der Waals surface area contributed by atoms with Crippen molar-refractivity contribution in [1.29, 1.82) is 0 Å². The smallest absolute Gasteiger partial charge is 0.177 e. The number of piperidine rings is 1. The summed E-state index contributed by atoms with van der Waals surface area (Å²) in [6.45, 7) is 3.75. The molecular formula is C15H24N2O2S. The molecule has 0 spiro atoms. The Morgan fingerprint density at radius 2 is 1.80 bits per heavy atom. The lowest BCUT2D eigenvalue weighted by Crippen LogP contribution is -2.42. The van der Waals surface area contributed by atoms with Crippen LogP contribution >= 0.6 is 0 Å². The van der Waals surface area contributed by atoms with Gasteiger partial charge in [0.05, 0.1) is 10.6 Å². The molecule has 4 nitrogen and oxygen atoms in total. The molecule has 5 heteroatoms. The standard InChI is InChI=1S/C15H24N2O2S/c1-12-5-6-14(15(11-12)20(4,18)19)17-9-7-13(8-10-17)16(2)3/h5-6,11,13H,7-10H2,1-4H3. The van der Waals surface area contributed by atoms with E-state index in [9.17, 15) is 8.42 Å². The molecule has 1 heterocycles. The van der Waals surface area contributed by atoms with E-state index < -0.39 is 9.84 Å². The summed E-state index contributed by atoms with van der Waals surface area (Å²) in [5.74, 6) is 0.